The fourth-order valence-electron chi connectivity index (χ4n) is 1.42. The molecule has 0 spiro atoms. The monoisotopic (exact) mass is 276 g/mol. The Morgan fingerprint density at radius 1 is 1.58 bits per heavy atom. The normalized spacial score (nSPS) is 11.2. The summed E-state index contributed by atoms with van der Waals surface area (Å²) in [5.41, 5.74) is 1.07. The summed E-state index contributed by atoms with van der Waals surface area (Å²) in [6, 6.07) is 6.39. The molecule has 0 bridgehead atoms. The number of benzene rings is 1. The molecular formula is C14H13ClN2O2. The average molecular weight is 277 g/mol. The largest absolute Gasteiger partial charge is 0.351 e. The van der Waals surface area contributed by atoms with E-state index in [4.69, 9.17) is 16.9 Å². The van der Waals surface area contributed by atoms with Crippen molar-refractivity contribution in [1.82, 2.24) is 5.32 Å². The van der Waals surface area contributed by atoms with E-state index in [9.17, 15) is 9.59 Å². The van der Waals surface area contributed by atoms with Crippen LogP contribution in [0.1, 0.15) is 15.9 Å². The second-order valence-corrected chi connectivity index (χ2v) is 4.33. The Kier molecular flexibility index (Phi) is 5.28. The van der Waals surface area contributed by atoms with Crippen LogP contribution in [0.25, 0.3) is 0 Å². The van der Waals surface area contributed by atoms with Crippen LogP contribution in [0.4, 0.5) is 0 Å². The molecule has 1 rings (SSSR count). The average Bonchev–Trinajstić information content (AvgIpc) is 2.40. The van der Waals surface area contributed by atoms with Crippen LogP contribution >= 0.6 is 11.6 Å². The molecule has 0 radical (unpaired) electrons. The van der Waals surface area contributed by atoms with Crippen LogP contribution < -0.4 is 5.32 Å². The summed E-state index contributed by atoms with van der Waals surface area (Å²) in [5.74, 6) is -2.58. The molecule has 0 aliphatic heterocycles. The van der Waals surface area contributed by atoms with Crippen molar-refractivity contribution in [3.8, 4) is 6.07 Å². The van der Waals surface area contributed by atoms with E-state index in [1.54, 1.807) is 25.1 Å². The number of nitrogens with zero attached hydrogens (tertiary/aromatic N) is 1. The first-order chi connectivity index (χ1) is 9.01. The van der Waals surface area contributed by atoms with Crippen molar-refractivity contribution in [2.45, 2.75) is 6.92 Å². The minimum absolute atomic E-state index is 0.207. The molecule has 0 aromatic heterocycles. The molecule has 0 unspecified atom stereocenters. The van der Waals surface area contributed by atoms with Gasteiger partial charge in [0.15, 0.2) is 11.7 Å². The number of rotatable bonds is 5. The van der Waals surface area contributed by atoms with Crippen molar-refractivity contribution < 1.29 is 9.59 Å². The molecule has 0 fully saturated rings. The van der Waals surface area contributed by atoms with Crippen molar-refractivity contribution in [3.63, 3.8) is 0 Å². The van der Waals surface area contributed by atoms with Crippen LogP contribution in [-0.4, -0.2) is 18.2 Å². The Morgan fingerprint density at radius 3 is 2.79 bits per heavy atom. The lowest BCUT2D eigenvalue weighted by Gasteiger charge is -2.09. The molecule has 1 aromatic carbocycles. The predicted octanol–water partition coefficient (Wildman–Crippen LogP) is 2.27. The summed E-state index contributed by atoms with van der Waals surface area (Å²) < 4.78 is 0. The quantitative estimate of drug-likeness (QED) is 0.509. The fraction of sp³-hybridized carbons (Fsp3) is 0.214. The first-order valence-electron chi connectivity index (χ1n) is 5.59. The van der Waals surface area contributed by atoms with Crippen molar-refractivity contribution in [3.05, 3.63) is 47.0 Å². The van der Waals surface area contributed by atoms with E-state index in [0.29, 0.717) is 5.02 Å². The maximum atomic E-state index is 12.1. The van der Waals surface area contributed by atoms with Gasteiger partial charge in [0.2, 0.25) is 5.91 Å². The van der Waals surface area contributed by atoms with E-state index in [-0.39, 0.29) is 12.1 Å². The third-order valence-corrected chi connectivity index (χ3v) is 2.94. The SMILES string of the molecule is C=CCNC(=O)[C@@H](C#N)C(=O)c1ccc(C)c(Cl)c1. The van der Waals surface area contributed by atoms with Gasteiger partial charge in [-0.25, -0.2) is 0 Å². The van der Waals surface area contributed by atoms with Crippen molar-refractivity contribution >= 4 is 23.3 Å². The summed E-state index contributed by atoms with van der Waals surface area (Å²) in [5, 5.41) is 11.8. The van der Waals surface area contributed by atoms with Gasteiger partial charge < -0.3 is 5.32 Å². The molecule has 0 saturated carbocycles. The first kappa shape index (κ1) is 14.9. The smallest absolute Gasteiger partial charge is 0.245 e. The highest BCUT2D eigenvalue weighted by atomic mass is 35.5. The standard InChI is InChI=1S/C14H13ClN2O2/c1-3-6-17-14(19)11(8-16)13(18)10-5-4-9(2)12(15)7-10/h3-5,7,11H,1,6H2,2H3,(H,17,19)/t11-/m0/s1. The number of hydrogen-bond donors (Lipinski definition) is 1. The Morgan fingerprint density at radius 2 is 2.26 bits per heavy atom. The first-order valence-corrected chi connectivity index (χ1v) is 5.97. The third-order valence-electron chi connectivity index (χ3n) is 2.53. The zero-order valence-electron chi connectivity index (χ0n) is 10.4. The summed E-state index contributed by atoms with van der Waals surface area (Å²) in [7, 11) is 0. The van der Waals surface area contributed by atoms with E-state index in [1.165, 1.54) is 12.1 Å². The number of nitrogens with one attached hydrogen (secondary N) is 1. The predicted molar refractivity (Wildman–Crippen MR) is 72.8 cm³/mol. The van der Waals surface area contributed by atoms with Crippen LogP contribution in [0.2, 0.25) is 5.02 Å². The molecule has 1 aromatic rings. The maximum Gasteiger partial charge on any atom is 0.245 e. The third kappa shape index (κ3) is 3.67. The van der Waals surface area contributed by atoms with Crippen molar-refractivity contribution in [2.24, 2.45) is 5.92 Å². The van der Waals surface area contributed by atoms with E-state index in [1.807, 2.05) is 0 Å². The number of hydrogen-bond acceptors (Lipinski definition) is 3. The van der Waals surface area contributed by atoms with Crippen molar-refractivity contribution in [2.75, 3.05) is 6.54 Å². The minimum atomic E-state index is -1.38. The van der Waals surface area contributed by atoms with Gasteiger partial charge in [-0.3, -0.25) is 9.59 Å². The van der Waals surface area contributed by atoms with Gasteiger partial charge in [-0.1, -0.05) is 29.8 Å². The fourth-order valence-corrected chi connectivity index (χ4v) is 1.60. The van der Waals surface area contributed by atoms with E-state index < -0.39 is 17.6 Å². The molecule has 19 heavy (non-hydrogen) atoms. The van der Waals surface area contributed by atoms with Crippen LogP contribution in [-0.2, 0) is 4.79 Å². The molecule has 1 amide bonds. The number of carbonyl (C=O) groups is 2. The highest BCUT2D eigenvalue weighted by Crippen LogP contribution is 2.19. The lowest BCUT2D eigenvalue weighted by molar-refractivity contribution is -0.121. The van der Waals surface area contributed by atoms with Crippen molar-refractivity contribution in [1.29, 1.82) is 5.26 Å². The van der Waals surface area contributed by atoms with Gasteiger partial charge in [0.1, 0.15) is 0 Å². The molecule has 0 aliphatic carbocycles. The number of halogens is 1. The molecule has 4 nitrogen and oxygen atoms in total. The van der Waals surface area contributed by atoms with Gasteiger partial charge in [0.25, 0.3) is 0 Å². The molecular weight excluding hydrogens is 264 g/mol. The van der Waals surface area contributed by atoms with Gasteiger partial charge >= 0.3 is 0 Å². The Labute approximate surface area is 116 Å². The molecule has 1 N–H and O–H groups in total. The number of nitriles is 1. The summed E-state index contributed by atoms with van der Waals surface area (Å²) >= 11 is 5.92. The molecule has 1 atom stereocenters. The van der Waals surface area contributed by atoms with Gasteiger partial charge in [-0.15, -0.1) is 6.58 Å². The highest BCUT2D eigenvalue weighted by Gasteiger charge is 2.27. The molecule has 0 heterocycles. The zero-order valence-corrected chi connectivity index (χ0v) is 11.2. The molecule has 5 heteroatoms. The number of ketones is 1. The van der Waals surface area contributed by atoms with E-state index in [0.717, 1.165) is 5.56 Å². The Bertz CT molecular complexity index is 561. The van der Waals surface area contributed by atoms with Crippen LogP contribution in [0.5, 0.6) is 0 Å². The van der Waals surface area contributed by atoms with E-state index in [2.05, 4.69) is 11.9 Å². The second-order valence-electron chi connectivity index (χ2n) is 3.92. The minimum Gasteiger partial charge on any atom is -0.351 e. The summed E-state index contributed by atoms with van der Waals surface area (Å²) in [4.78, 5) is 23.7. The Balaban J connectivity index is 2.96. The van der Waals surface area contributed by atoms with Gasteiger partial charge in [0, 0.05) is 17.1 Å². The van der Waals surface area contributed by atoms with E-state index >= 15 is 0 Å². The second kappa shape index (κ2) is 6.72. The number of aryl methyl sites for hydroxylation is 1. The summed E-state index contributed by atoms with van der Waals surface area (Å²) in [6.45, 7) is 5.45. The van der Waals surface area contributed by atoms with Gasteiger partial charge in [-0.05, 0) is 18.6 Å². The van der Waals surface area contributed by atoms with Crippen LogP contribution in [0.15, 0.2) is 30.9 Å². The number of carbonyl (C=O) groups excluding carboxylic acids is 2. The molecule has 98 valence electrons. The van der Waals surface area contributed by atoms with Gasteiger partial charge in [0.05, 0.1) is 6.07 Å². The topological polar surface area (TPSA) is 70.0 Å². The highest BCUT2D eigenvalue weighted by molar-refractivity contribution is 6.31. The lowest BCUT2D eigenvalue weighted by Crippen LogP contribution is -2.34. The maximum absolute atomic E-state index is 12.1. The summed E-state index contributed by atoms with van der Waals surface area (Å²) in [6.07, 6.45) is 1.47. The van der Waals surface area contributed by atoms with Crippen LogP contribution in [0.3, 0.4) is 0 Å². The number of amides is 1. The number of Topliss-reactive ketones (excluding diaryl/α,β-unsaturated/α-hetero) is 1. The van der Waals surface area contributed by atoms with Crippen LogP contribution in [0, 0.1) is 24.2 Å². The Hall–Kier alpha value is -2.12. The molecule has 0 saturated heterocycles. The zero-order chi connectivity index (χ0) is 14.4. The lowest BCUT2D eigenvalue weighted by atomic mass is 9.97. The molecule has 0 aliphatic rings. The van der Waals surface area contributed by atoms with Gasteiger partial charge in [-0.2, -0.15) is 5.26 Å².